The number of aliphatic carboxylic acids is 1. The molecule has 19 heteroatoms. The lowest BCUT2D eigenvalue weighted by Crippen LogP contribution is -2.71. The van der Waals surface area contributed by atoms with Crippen LogP contribution in [0.15, 0.2) is 34.8 Å². The summed E-state index contributed by atoms with van der Waals surface area (Å²) < 4.78 is 7.18. The zero-order valence-corrected chi connectivity index (χ0v) is 24.0. The van der Waals surface area contributed by atoms with E-state index in [2.05, 4.69) is 30.2 Å². The number of carboxylic acids is 1. The van der Waals surface area contributed by atoms with E-state index in [9.17, 15) is 24.3 Å². The number of nitrogens with one attached hydrogen (secondary N) is 2. The molecule has 43 heavy (non-hydrogen) atoms. The van der Waals surface area contributed by atoms with E-state index >= 15 is 0 Å². The van der Waals surface area contributed by atoms with E-state index in [0.29, 0.717) is 23.4 Å². The Morgan fingerprint density at radius 1 is 1.28 bits per heavy atom. The summed E-state index contributed by atoms with van der Waals surface area (Å²) >= 11 is 2.20. The van der Waals surface area contributed by atoms with E-state index in [0.717, 1.165) is 37.2 Å². The molecular weight excluding hydrogens is 602 g/mol. The number of amides is 3. The van der Waals surface area contributed by atoms with Crippen LogP contribution in [0, 0.1) is 0 Å². The number of nitrogens with two attached hydrogens (primary N) is 2. The molecule has 6 rings (SSSR count). The number of imidazole rings is 1. The standard InChI is InChI=1S/C24H25N11O6S2/c25-13-5-6-15-33(8-14(27-10-36)35(15)30-13)7-11-9-42-22-17(21(38)34(22)18(11)23(39)40)28-20(37)16(19-29-24(26)43-32-19)31-41-12-3-1-2-4-12/h5-6,8,10,12,17,22H,1-4,7,9H2,(H6-,25,26,27,28,29,30,32,36,37,39,40)/p+1/b31-16-/t17-,22-/m1/s1. The van der Waals surface area contributed by atoms with E-state index in [1.165, 1.54) is 21.2 Å². The smallest absolute Gasteiger partial charge is 0.352 e. The number of carbonyl (C=O) groups excluding carboxylic acids is 3. The third-order valence-electron chi connectivity index (χ3n) is 7.20. The number of carboxylic acid groups (broad SMARTS) is 1. The number of nitrogens with zero attached hydrogens (tertiary/aromatic N) is 7. The molecule has 2 aliphatic heterocycles. The molecule has 3 amide bonds. The highest BCUT2D eigenvalue weighted by molar-refractivity contribution is 8.00. The Morgan fingerprint density at radius 3 is 2.77 bits per heavy atom. The predicted octanol–water partition coefficient (Wildman–Crippen LogP) is -0.692. The first-order chi connectivity index (χ1) is 20.7. The van der Waals surface area contributed by atoms with Crippen LogP contribution in [0.3, 0.4) is 0 Å². The van der Waals surface area contributed by atoms with Crippen molar-refractivity contribution in [3.8, 4) is 0 Å². The first-order valence-corrected chi connectivity index (χ1v) is 15.0. The van der Waals surface area contributed by atoms with Gasteiger partial charge in [0.15, 0.2) is 17.1 Å². The second kappa shape index (κ2) is 11.5. The number of rotatable bonds is 10. The summed E-state index contributed by atoms with van der Waals surface area (Å²) in [5.41, 5.74) is 12.1. The van der Waals surface area contributed by atoms with Crippen molar-refractivity contribution < 1.29 is 33.7 Å². The van der Waals surface area contributed by atoms with Crippen LogP contribution in [0.4, 0.5) is 16.8 Å². The molecule has 0 unspecified atom stereocenters. The Hall–Kier alpha value is -4.78. The molecule has 0 bridgehead atoms. The average molecular weight is 629 g/mol. The fraction of sp³-hybridized carbons (Fsp3) is 0.375. The van der Waals surface area contributed by atoms with Crippen molar-refractivity contribution in [1.29, 1.82) is 0 Å². The third kappa shape index (κ3) is 5.31. The van der Waals surface area contributed by atoms with Crippen LogP contribution < -0.4 is 26.7 Å². The van der Waals surface area contributed by atoms with Gasteiger partial charge in [-0.25, -0.2) is 9.36 Å². The number of carbonyl (C=O) groups is 4. The minimum Gasteiger partial charge on any atom is -0.477 e. The molecule has 3 aromatic heterocycles. The molecule has 0 radical (unpaired) electrons. The third-order valence-corrected chi connectivity index (χ3v) is 9.09. The summed E-state index contributed by atoms with van der Waals surface area (Å²) in [5.74, 6) is -1.84. The first-order valence-electron chi connectivity index (χ1n) is 13.2. The van der Waals surface area contributed by atoms with E-state index in [-0.39, 0.29) is 46.6 Å². The Kier molecular flexibility index (Phi) is 7.57. The molecule has 2 fully saturated rings. The second-order valence-electron chi connectivity index (χ2n) is 9.96. The van der Waals surface area contributed by atoms with Crippen molar-refractivity contribution >= 4 is 75.6 Å². The van der Waals surface area contributed by atoms with Gasteiger partial charge in [0.1, 0.15) is 29.8 Å². The Balaban J connectivity index is 1.23. The Bertz CT molecular complexity index is 1700. The lowest BCUT2D eigenvalue weighted by atomic mass is 10.0. The minimum atomic E-state index is -1.29. The van der Waals surface area contributed by atoms with Gasteiger partial charge in [-0.05, 0) is 31.7 Å². The number of anilines is 3. The zero-order valence-electron chi connectivity index (χ0n) is 22.4. The molecular formula is C24H26N11O6S2+. The number of aromatic nitrogens is 5. The largest absolute Gasteiger partial charge is 0.477 e. The minimum absolute atomic E-state index is 0.0252. The monoisotopic (exact) mass is 628 g/mol. The van der Waals surface area contributed by atoms with Crippen molar-refractivity contribution in [2.75, 3.05) is 22.5 Å². The van der Waals surface area contributed by atoms with Gasteiger partial charge in [0.2, 0.25) is 17.9 Å². The van der Waals surface area contributed by atoms with E-state index in [1.54, 1.807) is 22.9 Å². The molecule has 5 heterocycles. The van der Waals surface area contributed by atoms with Crippen molar-refractivity contribution in [2.24, 2.45) is 5.16 Å². The van der Waals surface area contributed by atoms with Gasteiger partial charge in [-0.15, -0.1) is 11.8 Å². The maximum absolute atomic E-state index is 13.3. The van der Waals surface area contributed by atoms with Gasteiger partial charge in [0, 0.05) is 28.9 Å². The van der Waals surface area contributed by atoms with Gasteiger partial charge in [0.25, 0.3) is 17.6 Å². The fourth-order valence-corrected chi connectivity index (χ4v) is 7.01. The van der Waals surface area contributed by atoms with Crippen LogP contribution in [0.2, 0.25) is 0 Å². The molecule has 3 aliphatic rings. The fourth-order valence-electron chi connectivity index (χ4n) is 5.24. The van der Waals surface area contributed by atoms with E-state index < -0.39 is 29.2 Å². The SMILES string of the molecule is Nc1ccc2n(n1)c(NC=O)c[n+]2CC1=C(C(=O)O)N2C(=O)[C@@H](NC(=O)/C(=N\OC3CCCC3)c3nsc(N)n3)[C@H]2SC1. The van der Waals surface area contributed by atoms with Gasteiger partial charge in [0.05, 0.1) is 0 Å². The number of nitrogen functional groups attached to an aromatic ring is 2. The molecule has 17 nitrogen and oxygen atoms in total. The van der Waals surface area contributed by atoms with Crippen LogP contribution in [0.5, 0.6) is 0 Å². The maximum atomic E-state index is 13.3. The van der Waals surface area contributed by atoms with E-state index in [4.69, 9.17) is 16.3 Å². The highest BCUT2D eigenvalue weighted by Gasteiger charge is 2.54. The average Bonchev–Trinajstić information content (AvgIpc) is 3.73. The molecule has 2 atom stereocenters. The molecule has 1 aliphatic carbocycles. The number of β-lactam (4-membered cyclic amide) rings is 1. The Morgan fingerprint density at radius 2 is 2.07 bits per heavy atom. The highest BCUT2D eigenvalue weighted by Crippen LogP contribution is 2.40. The predicted molar refractivity (Wildman–Crippen MR) is 153 cm³/mol. The van der Waals surface area contributed by atoms with Crippen LogP contribution >= 0.6 is 23.3 Å². The topological polar surface area (TPSA) is 236 Å². The summed E-state index contributed by atoms with van der Waals surface area (Å²) in [6.07, 6.45) is 5.56. The van der Waals surface area contributed by atoms with Gasteiger partial charge >= 0.3 is 11.6 Å². The van der Waals surface area contributed by atoms with Crippen molar-refractivity contribution in [3.63, 3.8) is 0 Å². The summed E-state index contributed by atoms with van der Waals surface area (Å²) in [4.78, 5) is 60.9. The van der Waals surface area contributed by atoms with Gasteiger partial charge < -0.3 is 26.7 Å². The number of hydrogen-bond donors (Lipinski definition) is 5. The van der Waals surface area contributed by atoms with Gasteiger partial charge in [-0.1, -0.05) is 14.8 Å². The molecule has 1 saturated carbocycles. The molecule has 7 N–H and O–H groups in total. The highest BCUT2D eigenvalue weighted by atomic mass is 32.2. The van der Waals surface area contributed by atoms with Crippen molar-refractivity contribution in [2.45, 2.75) is 49.7 Å². The van der Waals surface area contributed by atoms with Gasteiger partial charge in [-0.2, -0.15) is 9.36 Å². The van der Waals surface area contributed by atoms with Crippen LogP contribution in [0.1, 0.15) is 31.5 Å². The summed E-state index contributed by atoms with van der Waals surface area (Å²) in [6, 6.07) is 2.24. The van der Waals surface area contributed by atoms with E-state index in [1.807, 2.05) is 0 Å². The van der Waals surface area contributed by atoms with Crippen LogP contribution in [-0.4, -0.2) is 82.2 Å². The second-order valence-corrected chi connectivity index (χ2v) is 11.8. The number of fused-ring (bicyclic) bond motifs is 2. The summed E-state index contributed by atoms with van der Waals surface area (Å²) in [7, 11) is 0. The number of thioether (sulfide) groups is 1. The molecule has 1 saturated heterocycles. The lowest BCUT2D eigenvalue weighted by molar-refractivity contribution is -0.662. The normalized spacial score (nSPS) is 20.6. The van der Waals surface area contributed by atoms with Gasteiger partial charge in [-0.3, -0.25) is 24.6 Å². The number of oxime groups is 1. The quantitative estimate of drug-likeness (QED) is 0.0617. The zero-order chi connectivity index (χ0) is 30.2. The van der Waals surface area contributed by atoms with Crippen molar-refractivity contribution in [3.05, 3.63) is 35.4 Å². The van der Waals surface area contributed by atoms with Crippen LogP contribution in [0.25, 0.3) is 5.65 Å². The van der Waals surface area contributed by atoms with Crippen molar-refractivity contribution in [1.82, 2.24) is 29.2 Å². The molecule has 0 spiro atoms. The lowest BCUT2D eigenvalue weighted by Gasteiger charge is -2.49. The first kappa shape index (κ1) is 28.3. The summed E-state index contributed by atoms with van der Waals surface area (Å²) in [5, 5.41) is 23.0. The summed E-state index contributed by atoms with van der Waals surface area (Å²) in [6.45, 7) is 0.0873. The molecule has 0 aromatic carbocycles. The molecule has 3 aromatic rings. The van der Waals surface area contributed by atoms with Crippen LogP contribution in [-0.2, 0) is 30.6 Å². The number of hydrogen-bond acceptors (Lipinski definition) is 13. The molecule has 224 valence electrons. The Labute approximate surface area is 251 Å². The maximum Gasteiger partial charge on any atom is 0.352 e.